The van der Waals surface area contributed by atoms with Crippen molar-refractivity contribution in [3.8, 4) is 0 Å². The van der Waals surface area contributed by atoms with Crippen LogP contribution in [0, 0.1) is 10.1 Å². The average molecular weight is 220 g/mol. The third-order valence-corrected chi connectivity index (χ3v) is 2.68. The molecule has 5 nitrogen and oxygen atoms in total. The van der Waals surface area contributed by atoms with Gasteiger partial charge in [-0.15, -0.1) is 0 Å². The fourth-order valence-corrected chi connectivity index (χ4v) is 2.05. The van der Waals surface area contributed by atoms with E-state index in [4.69, 9.17) is 4.84 Å². The number of benzene rings is 1. The third kappa shape index (κ3) is 1.76. The Bertz CT molecular complexity index is 455. The summed E-state index contributed by atoms with van der Waals surface area (Å²) in [5.74, 6) is 0. The number of hydrogen-bond donors (Lipinski definition) is 0. The smallest absolute Gasteiger partial charge is 0.278 e. The lowest BCUT2D eigenvalue weighted by atomic mass is 9.89. The highest BCUT2D eigenvalue weighted by molar-refractivity contribution is 6.05. The Kier molecular flexibility index (Phi) is 2.85. The molecule has 0 fully saturated rings. The highest BCUT2D eigenvalue weighted by Crippen LogP contribution is 2.29. The van der Waals surface area contributed by atoms with Gasteiger partial charge in [0.2, 0.25) is 0 Å². The second kappa shape index (κ2) is 4.30. The highest BCUT2D eigenvalue weighted by atomic mass is 16.6. The van der Waals surface area contributed by atoms with Crippen LogP contribution in [0.2, 0.25) is 0 Å². The maximum absolute atomic E-state index is 10.9. The van der Waals surface area contributed by atoms with Crippen molar-refractivity contribution in [2.75, 3.05) is 7.11 Å². The zero-order chi connectivity index (χ0) is 11.5. The molecule has 0 bridgehead atoms. The number of fused-ring (bicyclic) bond motifs is 1. The molecule has 0 spiro atoms. The van der Waals surface area contributed by atoms with Crippen LogP contribution in [0.3, 0.4) is 0 Å². The van der Waals surface area contributed by atoms with E-state index in [0.29, 0.717) is 11.3 Å². The van der Waals surface area contributed by atoms with E-state index < -0.39 is 0 Å². The Morgan fingerprint density at radius 1 is 1.44 bits per heavy atom. The van der Waals surface area contributed by atoms with Gasteiger partial charge in [-0.3, -0.25) is 10.1 Å². The number of nitrogens with zero attached hydrogens (tertiary/aromatic N) is 2. The van der Waals surface area contributed by atoms with Crippen LogP contribution in [0.15, 0.2) is 23.4 Å². The van der Waals surface area contributed by atoms with Gasteiger partial charge in [0, 0.05) is 6.07 Å². The van der Waals surface area contributed by atoms with E-state index in [2.05, 4.69) is 5.16 Å². The molecule has 0 saturated carbocycles. The SMILES string of the molecule is CO/N=C1/CCCc2cccc([N+](=O)[O-])c21. The van der Waals surface area contributed by atoms with E-state index >= 15 is 0 Å². The molecule has 2 rings (SSSR count). The molecule has 1 aliphatic rings. The second-order valence-electron chi connectivity index (χ2n) is 3.64. The lowest BCUT2D eigenvalue weighted by molar-refractivity contribution is -0.385. The molecule has 0 N–H and O–H groups in total. The number of nitro groups is 1. The predicted molar refractivity (Wildman–Crippen MR) is 59.6 cm³/mol. The summed E-state index contributed by atoms with van der Waals surface area (Å²) in [5.41, 5.74) is 2.42. The predicted octanol–water partition coefficient (Wildman–Crippen LogP) is 2.28. The number of nitro benzene ring substituents is 1. The largest absolute Gasteiger partial charge is 0.399 e. The minimum Gasteiger partial charge on any atom is -0.399 e. The molecule has 0 aliphatic heterocycles. The fraction of sp³-hybridized carbons (Fsp3) is 0.364. The molecule has 0 heterocycles. The van der Waals surface area contributed by atoms with Crippen LogP contribution in [-0.2, 0) is 11.3 Å². The van der Waals surface area contributed by atoms with Crippen molar-refractivity contribution in [3.63, 3.8) is 0 Å². The summed E-state index contributed by atoms with van der Waals surface area (Å²) in [7, 11) is 1.45. The van der Waals surface area contributed by atoms with E-state index in [0.717, 1.165) is 24.8 Å². The van der Waals surface area contributed by atoms with Crippen molar-refractivity contribution in [1.29, 1.82) is 0 Å². The zero-order valence-electron chi connectivity index (χ0n) is 8.97. The molecule has 0 unspecified atom stereocenters. The molecule has 1 aromatic rings. The van der Waals surface area contributed by atoms with Gasteiger partial charge in [0.15, 0.2) is 0 Å². The first kappa shape index (κ1) is 10.6. The molecule has 5 heteroatoms. The average Bonchev–Trinajstić information content (AvgIpc) is 2.29. The van der Waals surface area contributed by atoms with Crippen LogP contribution in [0.5, 0.6) is 0 Å². The van der Waals surface area contributed by atoms with E-state index in [9.17, 15) is 10.1 Å². The second-order valence-corrected chi connectivity index (χ2v) is 3.64. The quantitative estimate of drug-likeness (QED) is 0.567. The van der Waals surface area contributed by atoms with Gasteiger partial charge in [-0.1, -0.05) is 17.3 Å². The van der Waals surface area contributed by atoms with Gasteiger partial charge in [-0.2, -0.15) is 0 Å². The Morgan fingerprint density at radius 3 is 2.94 bits per heavy atom. The van der Waals surface area contributed by atoms with Crippen molar-refractivity contribution in [2.24, 2.45) is 5.16 Å². The maximum atomic E-state index is 10.9. The summed E-state index contributed by atoms with van der Waals surface area (Å²) >= 11 is 0. The number of aryl methyl sites for hydroxylation is 1. The van der Waals surface area contributed by atoms with Crippen molar-refractivity contribution in [1.82, 2.24) is 0 Å². The Hall–Kier alpha value is -1.91. The first-order valence-corrected chi connectivity index (χ1v) is 5.10. The number of oxime groups is 1. The van der Waals surface area contributed by atoms with Crippen LogP contribution >= 0.6 is 0 Å². The summed E-state index contributed by atoms with van der Waals surface area (Å²) in [5, 5.41) is 14.8. The zero-order valence-corrected chi connectivity index (χ0v) is 8.97. The monoisotopic (exact) mass is 220 g/mol. The minimum absolute atomic E-state index is 0.119. The molecule has 0 radical (unpaired) electrons. The standard InChI is InChI=1S/C11H12N2O3/c1-16-12-9-6-2-4-8-5-3-7-10(11(8)9)13(14)15/h3,5,7H,2,4,6H2,1H3/b12-9-. The van der Waals surface area contributed by atoms with Crippen LogP contribution in [0.25, 0.3) is 0 Å². The van der Waals surface area contributed by atoms with Gasteiger partial charge in [-0.05, 0) is 24.8 Å². The van der Waals surface area contributed by atoms with Crippen molar-refractivity contribution in [3.05, 3.63) is 39.4 Å². The van der Waals surface area contributed by atoms with Crippen LogP contribution in [0.4, 0.5) is 5.69 Å². The number of rotatable bonds is 2. The summed E-state index contributed by atoms with van der Waals surface area (Å²) in [6.45, 7) is 0. The van der Waals surface area contributed by atoms with Crippen molar-refractivity contribution < 1.29 is 9.76 Å². The minimum atomic E-state index is -0.366. The Labute approximate surface area is 92.9 Å². The van der Waals surface area contributed by atoms with Gasteiger partial charge in [0.25, 0.3) is 5.69 Å². The fourth-order valence-electron chi connectivity index (χ4n) is 2.05. The van der Waals surface area contributed by atoms with Gasteiger partial charge in [0.1, 0.15) is 7.11 Å². The molecule has 1 aromatic carbocycles. The lowest BCUT2D eigenvalue weighted by Gasteiger charge is -2.16. The Balaban J connectivity index is 2.60. The van der Waals surface area contributed by atoms with Gasteiger partial charge >= 0.3 is 0 Å². The van der Waals surface area contributed by atoms with Crippen molar-refractivity contribution >= 4 is 11.4 Å². The molecule has 0 amide bonds. The molecule has 16 heavy (non-hydrogen) atoms. The summed E-state index contributed by atoms with van der Waals surface area (Å²) in [6, 6.07) is 5.13. The van der Waals surface area contributed by atoms with E-state index in [1.165, 1.54) is 13.2 Å². The molecule has 84 valence electrons. The Morgan fingerprint density at radius 2 is 2.25 bits per heavy atom. The topological polar surface area (TPSA) is 64.7 Å². The third-order valence-electron chi connectivity index (χ3n) is 2.68. The van der Waals surface area contributed by atoms with Crippen molar-refractivity contribution in [2.45, 2.75) is 19.3 Å². The normalized spacial score (nSPS) is 16.9. The summed E-state index contributed by atoms with van der Waals surface area (Å²) in [6.07, 6.45) is 2.54. The molecular formula is C11H12N2O3. The van der Waals surface area contributed by atoms with Gasteiger partial charge < -0.3 is 4.84 Å². The van der Waals surface area contributed by atoms with Crippen LogP contribution < -0.4 is 0 Å². The highest BCUT2D eigenvalue weighted by Gasteiger charge is 2.25. The van der Waals surface area contributed by atoms with Gasteiger partial charge in [0.05, 0.1) is 16.2 Å². The first-order valence-electron chi connectivity index (χ1n) is 5.10. The number of hydrogen-bond acceptors (Lipinski definition) is 4. The molecule has 0 saturated heterocycles. The van der Waals surface area contributed by atoms with E-state index in [1.54, 1.807) is 6.07 Å². The molecule has 0 atom stereocenters. The lowest BCUT2D eigenvalue weighted by Crippen LogP contribution is -2.14. The maximum Gasteiger partial charge on any atom is 0.278 e. The van der Waals surface area contributed by atoms with E-state index in [-0.39, 0.29) is 10.6 Å². The summed E-state index contributed by atoms with van der Waals surface area (Å²) < 4.78 is 0. The van der Waals surface area contributed by atoms with Crippen LogP contribution in [-0.4, -0.2) is 17.7 Å². The molecule has 0 aromatic heterocycles. The molecule has 1 aliphatic carbocycles. The molecular weight excluding hydrogens is 208 g/mol. The van der Waals surface area contributed by atoms with Crippen LogP contribution in [0.1, 0.15) is 24.0 Å². The van der Waals surface area contributed by atoms with Gasteiger partial charge in [-0.25, -0.2) is 0 Å². The summed E-state index contributed by atoms with van der Waals surface area (Å²) in [4.78, 5) is 15.3. The first-order chi connectivity index (χ1) is 7.74. The van der Waals surface area contributed by atoms with E-state index in [1.807, 2.05) is 6.07 Å².